The van der Waals surface area contributed by atoms with E-state index in [4.69, 9.17) is 31.3 Å². The Kier molecular flexibility index (Phi) is 26.4. The second-order valence-corrected chi connectivity index (χ2v) is 3.12. The zero-order chi connectivity index (χ0) is 10.8. The fourth-order valence-corrected chi connectivity index (χ4v) is 1.23. The van der Waals surface area contributed by atoms with Gasteiger partial charge in [0.1, 0.15) is 0 Å². The summed E-state index contributed by atoms with van der Waals surface area (Å²) in [6, 6.07) is 0. The summed E-state index contributed by atoms with van der Waals surface area (Å²) in [5.41, 5.74) is 0. The van der Waals surface area contributed by atoms with Crippen molar-refractivity contribution < 1.29 is 123 Å². The van der Waals surface area contributed by atoms with E-state index in [1.54, 1.807) is 0 Å². The molecule has 0 aromatic rings. The minimum absolute atomic E-state index is 0. The van der Waals surface area contributed by atoms with Crippen LogP contribution in [0.3, 0.4) is 0 Å². The molecule has 1 heterocycles. The van der Waals surface area contributed by atoms with Crippen molar-refractivity contribution in [2.75, 3.05) is 38.7 Å². The van der Waals surface area contributed by atoms with Crippen LogP contribution in [-0.4, -0.2) is 49.8 Å². The largest absolute Gasteiger partial charge is 1.00 e. The maximum atomic E-state index is 8.33. The number of carboxylic acid groups (broad SMARTS) is 2. The zero-order valence-electron chi connectivity index (χ0n) is 9.91. The molecule has 8 heteroatoms. The number of rotatable bonds is 3. The monoisotopic (exact) mass is 301 g/mol. The fourth-order valence-electron chi connectivity index (χ4n) is 1.11. The van der Waals surface area contributed by atoms with Crippen LogP contribution in [0.5, 0.6) is 0 Å². The van der Waals surface area contributed by atoms with E-state index in [2.05, 4.69) is 4.90 Å². The van der Waals surface area contributed by atoms with Gasteiger partial charge in [0.05, 0.1) is 13.2 Å². The summed E-state index contributed by atoms with van der Waals surface area (Å²) in [5.74, 6) is 0.775. The molecule has 84 valence electrons. The summed E-state index contributed by atoms with van der Waals surface area (Å²) >= 11 is 5.56. The Hall–Kier alpha value is 2.75. The molecule has 0 atom stereocenters. The van der Waals surface area contributed by atoms with Gasteiger partial charge in [-0.15, -0.1) is 11.6 Å². The first-order valence-electron chi connectivity index (χ1n) is 4.41. The molecule has 0 aromatic carbocycles. The SMILES string of the molecule is ClCCCN1CCOCC1.O=C([O-])[O-].[K+].[K+]. The van der Waals surface area contributed by atoms with Crippen molar-refractivity contribution >= 4 is 17.8 Å². The van der Waals surface area contributed by atoms with E-state index in [0.717, 1.165) is 45.1 Å². The average Bonchev–Trinajstić information content (AvgIpc) is 2.15. The Morgan fingerprint density at radius 2 is 1.69 bits per heavy atom. The number of morpholine rings is 1. The van der Waals surface area contributed by atoms with Crippen molar-refractivity contribution in [1.29, 1.82) is 0 Å². The van der Waals surface area contributed by atoms with Gasteiger partial charge in [0.2, 0.25) is 0 Å². The van der Waals surface area contributed by atoms with E-state index >= 15 is 0 Å². The second kappa shape index (κ2) is 17.8. The molecule has 5 nitrogen and oxygen atoms in total. The summed E-state index contributed by atoms with van der Waals surface area (Å²) in [4.78, 5) is 10.7. The van der Waals surface area contributed by atoms with E-state index in [1.807, 2.05) is 0 Å². The van der Waals surface area contributed by atoms with Crippen molar-refractivity contribution in [2.45, 2.75) is 6.42 Å². The van der Waals surface area contributed by atoms with Gasteiger partial charge in [0, 0.05) is 19.0 Å². The summed E-state index contributed by atoms with van der Waals surface area (Å²) < 4.78 is 5.21. The second-order valence-electron chi connectivity index (χ2n) is 2.75. The summed E-state index contributed by atoms with van der Waals surface area (Å²) in [7, 11) is 0. The van der Waals surface area contributed by atoms with Gasteiger partial charge in [-0.25, -0.2) is 0 Å². The van der Waals surface area contributed by atoms with Gasteiger partial charge in [-0.2, -0.15) is 0 Å². The number of ether oxygens (including phenoxy) is 1. The van der Waals surface area contributed by atoms with Crippen molar-refractivity contribution in [3.63, 3.8) is 0 Å². The molecule has 0 aliphatic carbocycles. The van der Waals surface area contributed by atoms with Crippen molar-refractivity contribution in [3.8, 4) is 0 Å². The summed E-state index contributed by atoms with van der Waals surface area (Å²) in [5, 5.41) is 16.7. The number of carbonyl (C=O) groups is 1. The molecule has 0 bridgehead atoms. The smallest absolute Gasteiger partial charge is 0.652 e. The first-order valence-corrected chi connectivity index (χ1v) is 4.94. The van der Waals surface area contributed by atoms with Crippen LogP contribution in [0.15, 0.2) is 0 Å². The number of nitrogens with zero attached hydrogens (tertiary/aromatic N) is 1. The minimum Gasteiger partial charge on any atom is -0.652 e. The van der Waals surface area contributed by atoms with Crippen LogP contribution >= 0.6 is 11.6 Å². The summed E-state index contributed by atoms with van der Waals surface area (Å²) in [6.45, 7) is 5.07. The predicted octanol–water partition coefficient (Wildman–Crippen LogP) is -7.49. The zero-order valence-corrected chi connectivity index (χ0v) is 16.9. The molecule has 0 unspecified atom stereocenters. The maximum Gasteiger partial charge on any atom is 1.00 e. The number of alkyl halides is 1. The molecule has 1 aliphatic heterocycles. The molecule has 0 radical (unpaired) electrons. The number of hydrogen-bond acceptors (Lipinski definition) is 5. The number of carbonyl (C=O) groups excluding carboxylic acids is 1. The van der Waals surface area contributed by atoms with Gasteiger partial charge < -0.3 is 19.7 Å². The van der Waals surface area contributed by atoms with Gasteiger partial charge >= 0.3 is 103 Å². The Balaban J connectivity index is -0.000000249. The molecule has 16 heavy (non-hydrogen) atoms. The van der Waals surface area contributed by atoms with E-state index in [1.165, 1.54) is 0 Å². The first kappa shape index (κ1) is 23.8. The van der Waals surface area contributed by atoms with Crippen LogP contribution in [0.1, 0.15) is 6.42 Å². The molecule has 0 N–H and O–H groups in total. The van der Waals surface area contributed by atoms with E-state index in [9.17, 15) is 0 Å². The molecule has 1 rings (SSSR count). The Morgan fingerprint density at radius 1 is 1.25 bits per heavy atom. The van der Waals surface area contributed by atoms with Gasteiger partial charge in [0.25, 0.3) is 0 Å². The normalized spacial score (nSPS) is 14.8. The van der Waals surface area contributed by atoms with Crippen LogP contribution in [0.4, 0.5) is 4.79 Å². The molecule has 0 spiro atoms. The van der Waals surface area contributed by atoms with Gasteiger partial charge in [-0.05, 0) is 19.1 Å². The van der Waals surface area contributed by atoms with Crippen LogP contribution in [-0.2, 0) is 4.74 Å². The topological polar surface area (TPSA) is 75.7 Å². The minimum atomic E-state index is -2.33. The van der Waals surface area contributed by atoms with Gasteiger partial charge in [-0.3, -0.25) is 4.90 Å². The third-order valence-electron chi connectivity index (χ3n) is 1.71. The molecule has 1 aliphatic rings. The Morgan fingerprint density at radius 3 is 2.06 bits per heavy atom. The predicted molar refractivity (Wildman–Crippen MR) is 48.0 cm³/mol. The molecular weight excluding hydrogens is 288 g/mol. The number of halogens is 1. The van der Waals surface area contributed by atoms with Crippen molar-refractivity contribution in [2.24, 2.45) is 0 Å². The third-order valence-corrected chi connectivity index (χ3v) is 1.98. The van der Waals surface area contributed by atoms with Crippen molar-refractivity contribution in [1.82, 2.24) is 4.90 Å². The molecule has 0 aromatic heterocycles. The van der Waals surface area contributed by atoms with E-state index < -0.39 is 6.16 Å². The molecule has 0 amide bonds. The molecular formula is C8H14ClK2NO4. The van der Waals surface area contributed by atoms with Crippen LogP contribution in [0, 0.1) is 0 Å². The molecule has 1 fully saturated rings. The third kappa shape index (κ3) is 19.1. The quantitative estimate of drug-likeness (QED) is 0.382. The fraction of sp³-hybridized carbons (Fsp3) is 0.875. The van der Waals surface area contributed by atoms with Gasteiger partial charge in [0.15, 0.2) is 0 Å². The van der Waals surface area contributed by atoms with Crippen LogP contribution < -0.4 is 113 Å². The average molecular weight is 302 g/mol. The standard InChI is InChI=1S/C7H14ClNO.CH2O3.2K/c8-2-1-3-9-4-6-10-7-5-9;2-1(3)4;;/h1-7H2;(H2,2,3,4);;/q;;2*+1/p-2. The molecule has 1 saturated heterocycles. The van der Waals surface area contributed by atoms with Crippen LogP contribution in [0.2, 0.25) is 0 Å². The summed E-state index contributed by atoms with van der Waals surface area (Å²) in [6.07, 6.45) is -1.23. The maximum absolute atomic E-state index is 8.33. The van der Waals surface area contributed by atoms with Crippen LogP contribution in [0.25, 0.3) is 0 Å². The van der Waals surface area contributed by atoms with E-state index in [0.29, 0.717) is 0 Å². The Labute approximate surface area is 186 Å². The molecule has 0 saturated carbocycles. The van der Waals surface area contributed by atoms with Crippen molar-refractivity contribution in [3.05, 3.63) is 0 Å². The van der Waals surface area contributed by atoms with Gasteiger partial charge in [-0.1, -0.05) is 0 Å². The first-order chi connectivity index (χ1) is 6.66. The number of hydrogen-bond donors (Lipinski definition) is 0. The van der Waals surface area contributed by atoms with E-state index in [-0.39, 0.29) is 103 Å². The Bertz CT molecular complexity index is 155.